The number of carboxylic acids is 1. The molecule has 2 saturated carbocycles. The van der Waals surface area contributed by atoms with Crippen LogP contribution >= 0.6 is 0 Å². The largest absolute Gasteiger partial charge is 0.494 e. The van der Waals surface area contributed by atoms with E-state index in [0.29, 0.717) is 11.7 Å². The highest BCUT2D eigenvalue weighted by Gasteiger charge is 2.37. The molecular formula is C16H23N5O4. The van der Waals surface area contributed by atoms with Gasteiger partial charge in [-0.25, -0.2) is 14.8 Å². The summed E-state index contributed by atoms with van der Waals surface area (Å²) in [6.07, 6.45) is 6.85. The summed E-state index contributed by atoms with van der Waals surface area (Å²) in [7, 11) is 1.52. The van der Waals surface area contributed by atoms with Crippen molar-refractivity contribution in [1.82, 2.24) is 20.2 Å². The zero-order chi connectivity index (χ0) is 17.8. The van der Waals surface area contributed by atoms with Crippen molar-refractivity contribution in [1.29, 1.82) is 0 Å². The molecule has 0 aliphatic heterocycles. The molecule has 9 nitrogen and oxygen atoms in total. The minimum Gasteiger partial charge on any atom is -0.494 e. The zero-order valence-electron chi connectivity index (χ0n) is 14.1. The molecule has 2 aliphatic rings. The first-order chi connectivity index (χ1) is 12.0. The normalized spacial score (nSPS) is 22.2. The molecular weight excluding hydrogens is 326 g/mol. The maximum Gasteiger partial charge on any atom is 0.321 e. The van der Waals surface area contributed by atoms with Crippen LogP contribution in [0, 0.1) is 5.92 Å². The summed E-state index contributed by atoms with van der Waals surface area (Å²) < 4.78 is 4.96. The van der Waals surface area contributed by atoms with Gasteiger partial charge in [-0.05, 0) is 31.6 Å². The minimum absolute atomic E-state index is 0.0405. The number of carbonyl (C=O) groups is 2. The van der Waals surface area contributed by atoms with Crippen LogP contribution < -0.4 is 15.4 Å². The Bertz CT molecular complexity index is 613. The van der Waals surface area contributed by atoms with E-state index in [1.54, 1.807) is 0 Å². The number of aliphatic carboxylic acids is 1. The number of ether oxygens (including phenoxy) is 1. The molecule has 9 heteroatoms. The Labute approximate surface area is 145 Å². The lowest BCUT2D eigenvalue weighted by Crippen LogP contribution is -2.56. The maximum atomic E-state index is 12.0. The van der Waals surface area contributed by atoms with E-state index in [1.165, 1.54) is 32.3 Å². The van der Waals surface area contributed by atoms with Crippen molar-refractivity contribution in [3.8, 4) is 5.75 Å². The second kappa shape index (κ2) is 7.64. The highest BCUT2D eigenvalue weighted by atomic mass is 16.5. The molecule has 25 heavy (non-hydrogen) atoms. The average Bonchev–Trinajstić information content (AvgIpc) is 3.34. The fourth-order valence-corrected chi connectivity index (χ4v) is 2.96. The molecule has 0 aromatic carbocycles. The predicted octanol–water partition coefficient (Wildman–Crippen LogP) is 0.934. The van der Waals surface area contributed by atoms with E-state index in [2.05, 4.69) is 20.6 Å². The van der Waals surface area contributed by atoms with Gasteiger partial charge in [-0.1, -0.05) is 0 Å². The van der Waals surface area contributed by atoms with Gasteiger partial charge in [0.15, 0.2) is 5.75 Å². The number of anilines is 1. The van der Waals surface area contributed by atoms with Crippen LogP contribution in [0.2, 0.25) is 0 Å². The Hall–Kier alpha value is -2.42. The number of amides is 2. The molecule has 2 aliphatic carbocycles. The lowest BCUT2D eigenvalue weighted by molar-refractivity contribution is -0.139. The minimum atomic E-state index is -0.800. The number of hydrogen-bond donors (Lipinski definition) is 3. The van der Waals surface area contributed by atoms with Gasteiger partial charge >= 0.3 is 12.0 Å². The van der Waals surface area contributed by atoms with E-state index in [9.17, 15) is 9.59 Å². The summed E-state index contributed by atoms with van der Waals surface area (Å²) in [6, 6.07) is -0.0985. The van der Waals surface area contributed by atoms with Crippen LogP contribution in [0.15, 0.2) is 12.4 Å². The van der Waals surface area contributed by atoms with Gasteiger partial charge in [-0.3, -0.25) is 15.0 Å². The predicted molar refractivity (Wildman–Crippen MR) is 89.5 cm³/mol. The number of urea groups is 1. The highest BCUT2D eigenvalue weighted by Crippen LogP contribution is 2.33. The summed E-state index contributed by atoms with van der Waals surface area (Å²) in [5, 5.41) is 14.5. The van der Waals surface area contributed by atoms with Crippen LogP contribution in [0.1, 0.15) is 25.7 Å². The van der Waals surface area contributed by atoms with Crippen molar-refractivity contribution in [2.24, 2.45) is 5.92 Å². The molecule has 3 rings (SSSR count). The summed E-state index contributed by atoms with van der Waals surface area (Å²) in [6.45, 7) is 0.912. The Balaban J connectivity index is 1.42. The number of methoxy groups -OCH3 is 1. The number of hydrogen-bond acceptors (Lipinski definition) is 6. The van der Waals surface area contributed by atoms with Crippen molar-refractivity contribution >= 4 is 17.9 Å². The number of rotatable bonds is 8. The van der Waals surface area contributed by atoms with Crippen LogP contribution in [-0.4, -0.2) is 64.3 Å². The quantitative estimate of drug-likeness (QED) is 0.639. The van der Waals surface area contributed by atoms with E-state index in [1.807, 2.05) is 4.90 Å². The third-order valence-electron chi connectivity index (χ3n) is 4.58. The topological polar surface area (TPSA) is 117 Å². The second-order valence-electron chi connectivity index (χ2n) is 6.63. The van der Waals surface area contributed by atoms with Crippen LogP contribution in [0.5, 0.6) is 5.75 Å². The lowest BCUT2D eigenvalue weighted by Gasteiger charge is -2.42. The van der Waals surface area contributed by atoms with Gasteiger partial charge in [-0.2, -0.15) is 0 Å². The molecule has 136 valence electrons. The molecule has 0 unspecified atom stereocenters. The Kier molecular flexibility index (Phi) is 5.32. The third-order valence-corrected chi connectivity index (χ3v) is 4.58. The van der Waals surface area contributed by atoms with Crippen molar-refractivity contribution in [3.05, 3.63) is 12.4 Å². The second-order valence-corrected chi connectivity index (χ2v) is 6.63. The average molecular weight is 349 g/mol. The molecule has 2 fully saturated rings. The SMILES string of the molecule is COc1cnc(NC(=O)NC2CC(N(CC(=O)O)CC3CC3)C2)nc1. The molecule has 0 atom stereocenters. The first kappa shape index (κ1) is 17.4. The molecule has 1 heterocycles. The molecule has 0 radical (unpaired) electrons. The number of carbonyl (C=O) groups excluding carboxylic acids is 1. The Morgan fingerprint density at radius 2 is 2.00 bits per heavy atom. The number of aromatic nitrogens is 2. The molecule has 0 spiro atoms. The number of nitrogens with zero attached hydrogens (tertiary/aromatic N) is 3. The first-order valence-corrected chi connectivity index (χ1v) is 8.43. The van der Waals surface area contributed by atoms with Crippen molar-refractivity contribution in [3.63, 3.8) is 0 Å². The smallest absolute Gasteiger partial charge is 0.321 e. The van der Waals surface area contributed by atoms with E-state index in [-0.39, 0.29) is 30.6 Å². The fourth-order valence-electron chi connectivity index (χ4n) is 2.96. The zero-order valence-corrected chi connectivity index (χ0v) is 14.1. The number of carboxylic acid groups (broad SMARTS) is 1. The Morgan fingerprint density at radius 3 is 2.56 bits per heavy atom. The van der Waals surface area contributed by atoms with Crippen LogP contribution in [0.25, 0.3) is 0 Å². The summed E-state index contributed by atoms with van der Waals surface area (Å²) in [4.78, 5) is 33.0. The van der Waals surface area contributed by atoms with E-state index in [4.69, 9.17) is 9.84 Å². The third kappa shape index (κ3) is 5.02. The van der Waals surface area contributed by atoms with E-state index >= 15 is 0 Å². The van der Waals surface area contributed by atoms with Gasteiger partial charge in [0, 0.05) is 18.6 Å². The maximum absolute atomic E-state index is 12.0. The molecule has 0 bridgehead atoms. The molecule has 3 N–H and O–H groups in total. The lowest BCUT2D eigenvalue weighted by atomic mass is 9.85. The summed E-state index contributed by atoms with van der Waals surface area (Å²) >= 11 is 0. The molecule has 1 aromatic heterocycles. The van der Waals surface area contributed by atoms with Gasteiger partial charge in [0.2, 0.25) is 5.95 Å². The van der Waals surface area contributed by atoms with Crippen molar-refractivity contribution in [2.75, 3.05) is 25.5 Å². The molecule has 0 saturated heterocycles. The van der Waals surface area contributed by atoms with Crippen LogP contribution in [0.4, 0.5) is 10.7 Å². The van der Waals surface area contributed by atoms with Gasteiger partial charge in [-0.15, -0.1) is 0 Å². The van der Waals surface area contributed by atoms with Gasteiger partial charge < -0.3 is 15.2 Å². The number of nitrogens with one attached hydrogen (secondary N) is 2. The standard InChI is InChI=1S/C16H23N5O4/c1-25-13-6-17-15(18-7-13)20-16(24)19-11-4-12(5-11)21(9-14(22)23)8-10-2-3-10/h6-7,10-12H,2-5,8-9H2,1H3,(H,22,23)(H2,17,18,19,20,24). The molecule has 1 aromatic rings. The van der Waals surface area contributed by atoms with E-state index in [0.717, 1.165) is 19.4 Å². The van der Waals surface area contributed by atoms with E-state index < -0.39 is 5.97 Å². The van der Waals surface area contributed by atoms with Gasteiger partial charge in [0.05, 0.1) is 26.0 Å². The summed E-state index contributed by atoms with van der Waals surface area (Å²) in [5.41, 5.74) is 0. The molecule has 2 amide bonds. The van der Waals surface area contributed by atoms with Crippen LogP contribution in [-0.2, 0) is 4.79 Å². The highest BCUT2D eigenvalue weighted by molar-refractivity contribution is 5.87. The van der Waals surface area contributed by atoms with Crippen molar-refractivity contribution in [2.45, 2.75) is 37.8 Å². The Morgan fingerprint density at radius 1 is 1.32 bits per heavy atom. The van der Waals surface area contributed by atoms with Gasteiger partial charge in [0.1, 0.15) is 0 Å². The monoisotopic (exact) mass is 349 g/mol. The summed E-state index contributed by atoms with van der Waals surface area (Å²) in [5.74, 6) is 0.561. The van der Waals surface area contributed by atoms with Crippen LogP contribution in [0.3, 0.4) is 0 Å². The van der Waals surface area contributed by atoms with Gasteiger partial charge in [0.25, 0.3) is 0 Å². The first-order valence-electron chi connectivity index (χ1n) is 8.43. The fraction of sp³-hybridized carbons (Fsp3) is 0.625. The van der Waals surface area contributed by atoms with Crippen molar-refractivity contribution < 1.29 is 19.4 Å².